The van der Waals surface area contributed by atoms with Gasteiger partial charge >= 0.3 is 0 Å². The molecule has 0 spiro atoms. The molecule has 102 valence electrons. The van der Waals surface area contributed by atoms with Crippen molar-refractivity contribution < 1.29 is 8.42 Å². The van der Waals surface area contributed by atoms with Crippen LogP contribution in [0.15, 0.2) is 28.7 Å². The van der Waals surface area contributed by atoms with E-state index in [1.165, 1.54) is 0 Å². The number of nitrogens with one attached hydrogen (secondary N) is 1. The first-order valence-electron chi connectivity index (χ1n) is 6.04. The minimum absolute atomic E-state index is 0.151. The van der Waals surface area contributed by atoms with E-state index in [1.807, 2.05) is 38.1 Å². The lowest BCUT2D eigenvalue weighted by molar-refractivity contribution is 0.546. The van der Waals surface area contributed by atoms with Gasteiger partial charge in [-0.1, -0.05) is 26.0 Å². The predicted octanol–water partition coefficient (Wildman–Crippen LogP) is 3.32. The van der Waals surface area contributed by atoms with Crippen LogP contribution in [0.5, 0.6) is 0 Å². The van der Waals surface area contributed by atoms with Gasteiger partial charge in [0.25, 0.3) is 0 Å². The van der Waals surface area contributed by atoms with Gasteiger partial charge in [-0.05, 0) is 40.9 Å². The molecule has 1 atom stereocenters. The second-order valence-corrected chi connectivity index (χ2v) is 8.05. The lowest BCUT2D eigenvalue weighted by Gasteiger charge is -2.17. The summed E-state index contributed by atoms with van der Waals surface area (Å²) in [6.45, 7) is 6.08. The molecule has 0 aliphatic heterocycles. The van der Waals surface area contributed by atoms with Crippen LogP contribution in [-0.2, 0) is 9.84 Å². The number of benzene rings is 1. The van der Waals surface area contributed by atoms with E-state index in [4.69, 9.17) is 0 Å². The molecule has 1 unspecified atom stereocenters. The molecule has 18 heavy (non-hydrogen) atoms. The number of rotatable bonds is 6. The highest BCUT2D eigenvalue weighted by molar-refractivity contribution is 9.10. The van der Waals surface area contributed by atoms with Gasteiger partial charge in [-0.3, -0.25) is 0 Å². The second-order valence-electron chi connectivity index (χ2n) is 4.72. The molecule has 0 radical (unpaired) electrons. The first kappa shape index (κ1) is 15.5. The van der Waals surface area contributed by atoms with Crippen LogP contribution in [0.3, 0.4) is 0 Å². The Hall–Kier alpha value is -0.550. The summed E-state index contributed by atoms with van der Waals surface area (Å²) in [4.78, 5) is 0. The molecule has 0 amide bonds. The average Bonchev–Trinajstić information content (AvgIpc) is 2.30. The highest BCUT2D eigenvalue weighted by atomic mass is 79.9. The number of hydrogen-bond acceptors (Lipinski definition) is 3. The van der Waals surface area contributed by atoms with Crippen LogP contribution in [0, 0.1) is 5.92 Å². The Labute approximate surface area is 118 Å². The van der Waals surface area contributed by atoms with E-state index in [0.717, 1.165) is 10.2 Å². The zero-order chi connectivity index (χ0) is 13.8. The van der Waals surface area contributed by atoms with E-state index in [-0.39, 0.29) is 16.9 Å². The molecule has 0 bridgehead atoms. The maximum absolute atomic E-state index is 12.0. The largest absolute Gasteiger partial charge is 0.383 e. The third kappa shape index (κ3) is 4.28. The van der Waals surface area contributed by atoms with Crippen molar-refractivity contribution in [3.8, 4) is 0 Å². The Morgan fingerprint density at radius 1 is 1.22 bits per heavy atom. The smallest absolute Gasteiger partial charge is 0.154 e. The van der Waals surface area contributed by atoms with Crippen LogP contribution in [-0.4, -0.2) is 26.0 Å². The zero-order valence-electron chi connectivity index (χ0n) is 11.0. The SMILES string of the molecule is CC(C)C(C)S(=O)(=O)CCNc1ccccc1Br. The molecule has 0 fully saturated rings. The van der Waals surface area contributed by atoms with Crippen LogP contribution < -0.4 is 5.32 Å². The molecule has 0 heterocycles. The highest BCUT2D eigenvalue weighted by Crippen LogP contribution is 2.21. The third-order valence-electron chi connectivity index (χ3n) is 3.08. The molecule has 0 aliphatic carbocycles. The van der Waals surface area contributed by atoms with E-state index in [2.05, 4.69) is 21.2 Å². The third-order valence-corrected chi connectivity index (χ3v) is 6.22. The molecule has 5 heteroatoms. The minimum Gasteiger partial charge on any atom is -0.383 e. The van der Waals surface area contributed by atoms with E-state index >= 15 is 0 Å². The highest BCUT2D eigenvalue weighted by Gasteiger charge is 2.23. The van der Waals surface area contributed by atoms with Gasteiger partial charge in [0.05, 0.1) is 11.0 Å². The monoisotopic (exact) mass is 333 g/mol. The van der Waals surface area contributed by atoms with Crippen LogP contribution in [0.4, 0.5) is 5.69 Å². The van der Waals surface area contributed by atoms with Crippen molar-refractivity contribution in [2.75, 3.05) is 17.6 Å². The number of sulfone groups is 1. The summed E-state index contributed by atoms with van der Waals surface area (Å²) in [5.74, 6) is 0.312. The molecule has 0 saturated carbocycles. The minimum atomic E-state index is -3.02. The summed E-state index contributed by atoms with van der Waals surface area (Å²) in [7, 11) is -3.02. The van der Waals surface area contributed by atoms with Gasteiger partial charge in [-0.15, -0.1) is 0 Å². The summed E-state index contributed by atoms with van der Waals surface area (Å²) >= 11 is 3.42. The Morgan fingerprint density at radius 3 is 2.39 bits per heavy atom. The van der Waals surface area contributed by atoms with E-state index < -0.39 is 9.84 Å². The van der Waals surface area contributed by atoms with Crippen molar-refractivity contribution >= 4 is 31.5 Å². The maximum atomic E-state index is 12.0. The van der Waals surface area contributed by atoms with Crippen LogP contribution in [0.2, 0.25) is 0 Å². The van der Waals surface area contributed by atoms with Gasteiger partial charge in [-0.25, -0.2) is 8.42 Å². The number of anilines is 1. The lowest BCUT2D eigenvalue weighted by Crippen LogP contribution is -2.29. The fourth-order valence-electron chi connectivity index (χ4n) is 1.53. The van der Waals surface area contributed by atoms with Gasteiger partial charge in [-0.2, -0.15) is 0 Å². The summed E-state index contributed by atoms with van der Waals surface area (Å²) in [6, 6.07) is 7.68. The predicted molar refractivity (Wildman–Crippen MR) is 80.7 cm³/mol. The number of para-hydroxylation sites is 1. The number of hydrogen-bond donors (Lipinski definition) is 1. The van der Waals surface area contributed by atoms with Crippen molar-refractivity contribution in [1.29, 1.82) is 0 Å². The fourth-order valence-corrected chi connectivity index (χ4v) is 3.55. The first-order valence-corrected chi connectivity index (χ1v) is 8.55. The Kier molecular flexibility index (Phi) is 5.66. The standard InChI is InChI=1S/C13H20BrNO2S/c1-10(2)11(3)18(16,17)9-8-15-13-7-5-4-6-12(13)14/h4-7,10-11,15H,8-9H2,1-3H3. The molecule has 1 rings (SSSR count). The summed E-state index contributed by atoms with van der Waals surface area (Å²) < 4.78 is 24.9. The maximum Gasteiger partial charge on any atom is 0.154 e. The first-order chi connectivity index (χ1) is 8.34. The second kappa shape index (κ2) is 6.57. The van der Waals surface area contributed by atoms with Crippen molar-refractivity contribution in [2.24, 2.45) is 5.92 Å². The molecule has 1 aromatic carbocycles. The van der Waals surface area contributed by atoms with Crippen LogP contribution >= 0.6 is 15.9 Å². The fraction of sp³-hybridized carbons (Fsp3) is 0.538. The van der Waals surface area contributed by atoms with Crippen molar-refractivity contribution in [1.82, 2.24) is 0 Å². The average molecular weight is 334 g/mol. The van der Waals surface area contributed by atoms with Crippen molar-refractivity contribution in [3.63, 3.8) is 0 Å². The quantitative estimate of drug-likeness (QED) is 0.868. The van der Waals surface area contributed by atoms with Gasteiger partial charge in [0.15, 0.2) is 9.84 Å². The van der Waals surface area contributed by atoms with Crippen LogP contribution in [0.25, 0.3) is 0 Å². The molecule has 3 nitrogen and oxygen atoms in total. The van der Waals surface area contributed by atoms with E-state index in [1.54, 1.807) is 6.92 Å². The number of halogens is 1. The van der Waals surface area contributed by atoms with E-state index in [0.29, 0.717) is 6.54 Å². The van der Waals surface area contributed by atoms with Gasteiger partial charge in [0.2, 0.25) is 0 Å². The van der Waals surface area contributed by atoms with Gasteiger partial charge in [0.1, 0.15) is 0 Å². The molecule has 0 saturated heterocycles. The molecule has 1 aromatic rings. The van der Waals surface area contributed by atoms with Crippen molar-refractivity contribution in [3.05, 3.63) is 28.7 Å². The summed E-state index contributed by atoms with van der Waals surface area (Å²) in [5, 5.41) is 2.84. The molecule has 0 aromatic heterocycles. The lowest BCUT2D eigenvalue weighted by atomic mass is 10.2. The Morgan fingerprint density at radius 2 is 1.83 bits per heavy atom. The van der Waals surface area contributed by atoms with Gasteiger partial charge in [0, 0.05) is 16.7 Å². The molecular weight excluding hydrogens is 314 g/mol. The van der Waals surface area contributed by atoms with Crippen LogP contribution in [0.1, 0.15) is 20.8 Å². The topological polar surface area (TPSA) is 46.2 Å². The molecule has 0 aliphatic rings. The Balaban J connectivity index is 2.55. The summed E-state index contributed by atoms with van der Waals surface area (Å²) in [6.07, 6.45) is 0. The van der Waals surface area contributed by atoms with Crippen molar-refractivity contribution in [2.45, 2.75) is 26.0 Å². The summed E-state index contributed by atoms with van der Waals surface area (Å²) in [5.41, 5.74) is 0.921. The van der Waals surface area contributed by atoms with Gasteiger partial charge < -0.3 is 5.32 Å². The molecule has 1 N–H and O–H groups in total. The molecular formula is C13H20BrNO2S. The Bertz CT molecular complexity index is 486. The normalized spacial score (nSPS) is 13.6. The zero-order valence-corrected chi connectivity index (χ0v) is 13.4. The van der Waals surface area contributed by atoms with E-state index in [9.17, 15) is 8.42 Å².